The molecule has 2 N–H and O–H groups in total. The summed E-state index contributed by atoms with van der Waals surface area (Å²) < 4.78 is 27.2. The van der Waals surface area contributed by atoms with Crippen molar-refractivity contribution < 1.29 is 13.5 Å². The standard InChI is InChI=1S/C22H15N3O4S/c26-20-18(14-7-3-1-4-8-14)22(27)24-17-13-23-21-16(19(17)20)11-12-25(21)30(28,29)15-9-5-2-6-10-15/h1-13H,(H2,24,26,27). The first-order chi connectivity index (χ1) is 14.5. The Morgan fingerprint density at radius 1 is 0.933 bits per heavy atom. The molecule has 0 aliphatic rings. The van der Waals surface area contributed by atoms with Crippen molar-refractivity contribution in [2.75, 3.05) is 0 Å². The van der Waals surface area contributed by atoms with Gasteiger partial charge < -0.3 is 10.1 Å². The van der Waals surface area contributed by atoms with Crippen molar-refractivity contribution in [3.05, 3.63) is 89.5 Å². The molecule has 0 spiro atoms. The summed E-state index contributed by atoms with van der Waals surface area (Å²) in [6.07, 6.45) is 2.75. The average molecular weight is 417 g/mol. The zero-order chi connectivity index (χ0) is 20.9. The van der Waals surface area contributed by atoms with E-state index < -0.39 is 15.6 Å². The number of nitrogens with one attached hydrogen (secondary N) is 1. The number of hydrogen-bond donors (Lipinski definition) is 2. The Morgan fingerprint density at radius 2 is 1.60 bits per heavy atom. The topological polar surface area (TPSA) is 105 Å². The maximum atomic E-state index is 13.1. The Bertz CT molecular complexity index is 1570. The average Bonchev–Trinajstić information content (AvgIpc) is 3.20. The lowest BCUT2D eigenvalue weighted by molar-refractivity contribution is 0.483. The van der Waals surface area contributed by atoms with Gasteiger partial charge in [-0.3, -0.25) is 4.79 Å². The molecule has 0 saturated carbocycles. The maximum Gasteiger partial charge on any atom is 0.269 e. The van der Waals surface area contributed by atoms with Gasteiger partial charge in [-0.1, -0.05) is 48.5 Å². The lowest BCUT2D eigenvalue weighted by Crippen LogP contribution is -2.13. The fraction of sp³-hybridized carbons (Fsp3) is 0. The number of rotatable bonds is 3. The van der Waals surface area contributed by atoms with Gasteiger partial charge in [0.2, 0.25) is 0 Å². The van der Waals surface area contributed by atoms with Crippen molar-refractivity contribution in [2.45, 2.75) is 4.90 Å². The van der Waals surface area contributed by atoms with E-state index >= 15 is 0 Å². The Labute approximate surface area is 170 Å². The lowest BCUT2D eigenvalue weighted by Gasteiger charge is -2.10. The molecule has 5 aromatic rings. The van der Waals surface area contributed by atoms with E-state index in [4.69, 9.17) is 0 Å². The highest BCUT2D eigenvalue weighted by molar-refractivity contribution is 7.90. The molecule has 0 bridgehead atoms. The Morgan fingerprint density at radius 3 is 2.30 bits per heavy atom. The molecular formula is C22H15N3O4S. The molecule has 0 unspecified atom stereocenters. The molecule has 0 saturated heterocycles. The van der Waals surface area contributed by atoms with Crippen molar-refractivity contribution in [3.63, 3.8) is 0 Å². The Balaban J connectivity index is 1.83. The molecule has 7 nitrogen and oxygen atoms in total. The lowest BCUT2D eigenvalue weighted by atomic mass is 10.0. The summed E-state index contributed by atoms with van der Waals surface area (Å²) in [7, 11) is -3.87. The molecule has 0 amide bonds. The summed E-state index contributed by atoms with van der Waals surface area (Å²) in [6.45, 7) is 0. The molecule has 0 radical (unpaired) electrons. The van der Waals surface area contributed by atoms with E-state index in [2.05, 4.69) is 9.97 Å². The van der Waals surface area contributed by atoms with Crippen LogP contribution in [0.25, 0.3) is 33.1 Å². The molecule has 5 rings (SSSR count). The van der Waals surface area contributed by atoms with Crippen LogP contribution in [0.15, 0.2) is 88.8 Å². The second kappa shape index (κ2) is 6.57. The van der Waals surface area contributed by atoms with E-state index in [0.29, 0.717) is 21.9 Å². The number of nitrogens with zero attached hydrogens (tertiary/aromatic N) is 2. The van der Waals surface area contributed by atoms with E-state index in [1.165, 1.54) is 24.5 Å². The third-order valence-corrected chi connectivity index (χ3v) is 6.67. The van der Waals surface area contributed by atoms with Gasteiger partial charge in [-0.2, -0.15) is 0 Å². The quantitative estimate of drug-likeness (QED) is 0.468. The normalized spacial score (nSPS) is 11.9. The van der Waals surface area contributed by atoms with Crippen LogP contribution in [0, 0.1) is 0 Å². The van der Waals surface area contributed by atoms with Crippen LogP contribution in [-0.4, -0.2) is 27.5 Å². The summed E-state index contributed by atoms with van der Waals surface area (Å²) in [5, 5.41) is 11.8. The van der Waals surface area contributed by atoms with Crippen LogP contribution >= 0.6 is 0 Å². The van der Waals surface area contributed by atoms with E-state index in [1.54, 1.807) is 48.5 Å². The number of pyridine rings is 2. The summed E-state index contributed by atoms with van der Waals surface area (Å²) in [5.74, 6) is -0.220. The van der Waals surface area contributed by atoms with Gasteiger partial charge in [-0.05, 0) is 23.8 Å². The van der Waals surface area contributed by atoms with Crippen molar-refractivity contribution in [2.24, 2.45) is 0 Å². The summed E-state index contributed by atoms with van der Waals surface area (Å²) >= 11 is 0. The van der Waals surface area contributed by atoms with Gasteiger partial charge in [0.05, 0.1) is 27.6 Å². The number of hydrogen-bond acceptors (Lipinski definition) is 5. The minimum absolute atomic E-state index is 0.120. The van der Waals surface area contributed by atoms with Crippen LogP contribution in [-0.2, 0) is 10.0 Å². The van der Waals surface area contributed by atoms with E-state index in [1.807, 2.05) is 6.07 Å². The molecule has 0 aliphatic heterocycles. The molecule has 8 heteroatoms. The Kier molecular flexibility index (Phi) is 3.97. The van der Waals surface area contributed by atoms with Gasteiger partial charge in [0, 0.05) is 11.6 Å². The van der Waals surface area contributed by atoms with Crippen LogP contribution in [0.2, 0.25) is 0 Å². The molecule has 2 aromatic carbocycles. The molecule has 3 aromatic heterocycles. The van der Waals surface area contributed by atoms with Gasteiger partial charge in [-0.25, -0.2) is 17.4 Å². The first kappa shape index (κ1) is 18.1. The number of benzene rings is 2. The number of fused-ring (bicyclic) bond motifs is 3. The second-order valence-corrected chi connectivity index (χ2v) is 8.57. The smallest absolute Gasteiger partial charge is 0.269 e. The van der Waals surface area contributed by atoms with Crippen LogP contribution in [0.5, 0.6) is 5.75 Å². The summed E-state index contributed by atoms with van der Waals surface area (Å²) in [4.78, 5) is 19.7. The minimum atomic E-state index is -3.87. The minimum Gasteiger partial charge on any atom is -0.506 e. The first-order valence-corrected chi connectivity index (χ1v) is 10.5. The maximum absolute atomic E-state index is 13.1. The fourth-order valence-corrected chi connectivity index (χ4v) is 4.93. The van der Waals surface area contributed by atoms with Crippen LogP contribution in [0.1, 0.15) is 0 Å². The Hall–Kier alpha value is -3.91. The van der Waals surface area contributed by atoms with Crippen LogP contribution < -0.4 is 5.56 Å². The molecule has 0 fully saturated rings. The zero-order valence-corrected chi connectivity index (χ0v) is 16.3. The molecule has 0 atom stereocenters. The summed E-state index contributed by atoms with van der Waals surface area (Å²) in [5.41, 5.74) is 0.699. The van der Waals surface area contributed by atoms with E-state index in [9.17, 15) is 18.3 Å². The van der Waals surface area contributed by atoms with Gasteiger partial charge in [0.1, 0.15) is 5.75 Å². The SMILES string of the molecule is O=c1[nH]c2cnc3c(ccn3S(=O)(=O)c3ccccc3)c2c(O)c1-c1ccccc1. The summed E-state index contributed by atoms with van der Waals surface area (Å²) in [6, 6.07) is 18.4. The van der Waals surface area contributed by atoms with Gasteiger partial charge in [-0.15, -0.1) is 0 Å². The van der Waals surface area contributed by atoms with Gasteiger partial charge in [0.15, 0.2) is 5.65 Å². The molecule has 3 heterocycles. The zero-order valence-electron chi connectivity index (χ0n) is 15.5. The fourth-order valence-electron chi connectivity index (χ4n) is 3.60. The van der Waals surface area contributed by atoms with Crippen molar-refractivity contribution in [3.8, 4) is 16.9 Å². The molecule has 30 heavy (non-hydrogen) atoms. The number of aromatic hydroxyl groups is 1. The number of aromatic nitrogens is 3. The van der Waals surface area contributed by atoms with Crippen molar-refractivity contribution in [1.82, 2.24) is 13.9 Å². The predicted octanol–water partition coefficient (Wildman–Crippen LogP) is 3.49. The highest BCUT2D eigenvalue weighted by Crippen LogP contribution is 2.36. The predicted molar refractivity (Wildman–Crippen MR) is 114 cm³/mol. The first-order valence-electron chi connectivity index (χ1n) is 9.09. The van der Waals surface area contributed by atoms with Gasteiger partial charge in [0.25, 0.3) is 15.6 Å². The highest BCUT2D eigenvalue weighted by atomic mass is 32.2. The highest BCUT2D eigenvalue weighted by Gasteiger charge is 2.22. The third-order valence-electron chi connectivity index (χ3n) is 4.99. The molecular weight excluding hydrogens is 402 g/mol. The molecule has 0 aliphatic carbocycles. The van der Waals surface area contributed by atoms with E-state index in [-0.39, 0.29) is 21.9 Å². The van der Waals surface area contributed by atoms with Crippen LogP contribution in [0.4, 0.5) is 0 Å². The third kappa shape index (κ3) is 2.61. The van der Waals surface area contributed by atoms with Gasteiger partial charge >= 0.3 is 0 Å². The largest absolute Gasteiger partial charge is 0.506 e. The van der Waals surface area contributed by atoms with Crippen molar-refractivity contribution in [1.29, 1.82) is 0 Å². The van der Waals surface area contributed by atoms with Crippen LogP contribution in [0.3, 0.4) is 0 Å². The van der Waals surface area contributed by atoms with Crippen molar-refractivity contribution >= 4 is 32.0 Å². The number of H-pyrrole nitrogens is 1. The van der Waals surface area contributed by atoms with E-state index in [0.717, 1.165) is 3.97 Å². The molecule has 148 valence electrons. The number of aromatic amines is 1. The second-order valence-electron chi connectivity index (χ2n) is 6.76. The monoisotopic (exact) mass is 417 g/mol.